The molecule has 0 saturated heterocycles. The fourth-order valence-electron chi connectivity index (χ4n) is 6.08. The van der Waals surface area contributed by atoms with Crippen molar-refractivity contribution in [3.8, 4) is 0 Å². The maximum atomic E-state index is 12.6. The van der Waals surface area contributed by atoms with E-state index in [4.69, 9.17) is 5.11 Å². The predicted octanol–water partition coefficient (Wildman–Crippen LogP) is 6.27. The summed E-state index contributed by atoms with van der Waals surface area (Å²) in [6.45, 7) is 5.42. The molecular formula is C25H46N2O3. The van der Waals surface area contributed by atoms with Gasteiger partial charge in [-0.1, -0.05) is 65.2 Å². The molecule has 2 aliphatic carbocycles. The Morgan fingerprint density at radius 3 is 2.17 bits per heavy atom. The quantitative estimate of drug-likeness (QED) is 0.289. The number of fused-ring (bicyclic) bond motifs is 2. The number of hydrogen-bond donors (Lipinski definition) is 3. The lowest BCUT2D eigenvalue weighted by Gasteiger charge is -2.50. The molecule has 4 atom stereocenters. The van der Waals surface area contributed by atoms with Gasteiger partial charge in [0.05, 0.1) is 0 Å². The summed E-state index contributed by atoms with van der Waals surface area (Å²) < 4.78 is 0. The van der Waals surface area contributed by atoms with E-state index in [1.807, 2.05) is 0 Å². The van der Waals surface area contributed by atoms with Gasteiger partial charge in [-0.2, -0.15) is 0 Å². The molecule has 2 fully saturated rings. The molecule has 0 aromatic heterocycles. The zero-order chi connectivity index (χ0) is 21.8. The molecule has 30 heavy (non-hydrogen) atoms. The van der Waals surface area contributed by atoms with E-state index < -0.39 is 5.97 Å². The van der Waals surface area contributed by atoms with Crippen molar-refractivity contribution in [3.63, 3.8) is 0 Å². The Hall–Kier alpha value is -1.26. The second-order valence-electron chi connectivity index (χ2n) is 10.3. The first-order valence-corrected chi connectivity index (χ1v) is 12.7. The van der Waals surface area contributed by atoms with E-state index in [0.29, 0.717) is 6.42 Å². The van der Waals surface area contributed by atoms with E-state index in [1.54, 1.807) is 0 Å². The Kier molecular flexibility index (Phi) is 11.0. The Labute approximate surface area is 184 Å². The van der Waals surface area contributed by atoms with Gasteiger partial charge >= 0.3 is 12.0 Å². The van der Waals surface area contributed by atoms with Gasteiger partial charge in [-0.15, -0.1) is 0 Å². The lowest BCUT2D eigenvalue weighted by Crippen LogP contribution is -2.58. The topological polar surface area (TPSA) is 78.4 Å². The molecule has 0 spiro atoms. The van der Waals surface area contributed by atoms with Gasteiger partial charge in [0.1, 0.15) is 0 Å². The van der Waals surface area contributed by atoms with Crippen molar-refractivity contribution in [1.29, 1.82) is 0 Å². The second kappa shape index (κ2) is 13.2. The minimum Gasteiger partial charge on any atom is -0.481 e. The Morgan fingerprint density at radius 1 is 0.900 bits per heavy atom. The SMILES string of the molecule is CCC1CC2CC(C)CC(NC(=O)NCCCCCCCCCCCC(=O)O)(C1)C2. The molecule has 2 bridgehead atoms. The number of carboxylic acids is 1. The number of amides is 2. The summed E-state index contributed by atoms with van der Waals surface area (Å²) in [5.74, 6) is 1.61. The van der Waals surface area contributed by atoms with Crippen molar-refractivity contribution in [1.82, 2.24) is 10.6 Å². The van der Waals surface area contributed by atoms with Gasteiger partial charge in [-0.05, 0) is 62.7 Å². The summed E-state index contributed by atoms with van der Waals surface area (Å²) in [4.78, 5) is 23.0. The highest BCUT2D eigenvalue weighted by Gasteiger charge is 2.45. The highest BCUT2D eigenvalue weighted by atomic mass is 16.4. The van der Waals surface area contributed by atoms with Crippen LogP contribution in [0.15, 0.2) is 0 Å². The first-order valence-electron chi connectivity index (χ1n) is 12.7. The zero-order valence-electron chi connectivity index (χ0n) is 19.5. The number of hydrogen-bond acceptors (Lipinski definition) is 2. The third kappa shape index (κ3) is 9.26. The van der Waals surface area contributed by atoms with E-state index in [9.17, 15) is 9.59 Å². The summed E-state index contributed by atoms with van der Waals surface area (Å²) in [7, 11) is 0. The number of rotatable bonds is 14. The van der Waals surface area contributed by atoms with Crippen molar-refractivity contribution < 1.29 is 14.7 Å². The molecule has 0 aliphatic heterocycles. The molecule has 3 N–H and O–H groups in total. The number of unbranched alkanes of at least 4 members (excludes halogenated alkanes) is 8. The smallest absolute Gasteiger partial charge is 0.315 e. The van der Waals surface area contributed by atoms with Crippen LogP contribution in [-0.4, -0.2) is 29.2 Å². The molecule has 5 heteroatoms. The van der Waals surface area contributed by atoms with E-state index in [1.165, 1.54) is 57.8 Å². The summed E-state index contributed by atoms with van der Waals surface area (Å²) in [6, 6.07) is 0.0426. The molecule has 2 rings (SSSR count). The standard InChI is InChI=1S/C25H46N2O3/c1-3-21-16-22-15-20(2)17-25(18-21,19-22)27-24(30)26-14-12-10-8-6-4-5-7-9-11-13-23(28)29/h20-22H,3-19H2,1-2H3,(H,28,29)(H2,26,27,30). The third-order valence-corrected chi connectivity index (χ3v) is 7.31. The molecular weight excluding hydrogens is 376 g/mol. The number of carboxylic acid groups (broad SMARTS) is 1. The van der Waals surface area contributed by atoms with Gasteiger partial charge in [0.2, 0.25) is 0 Å². The number of nitrogens with one attached hydrogen (secondary N) is 2. The van der Waals surface area contributed by atoms with Gasteiger partial charge in [0.25, 0.3) is 0 Å². The van der Waals surface area contributed by atoms with E-state index in [-0.39, 0.29) is 11.6 Å². The average Bonchev–Trinajstić information content (AvgIpc) is 2.67. The minimum atomic E-state index is -0.682. The highest BCUT2D eigenvalue weighted by Crippen LogP contribution is 2.48. The number of aliphatic carboxylic acids is 1. The third-order valence-electron chi connectivity index (χ3n) is 7.31. The Bertz CT molecular complexity index is 521. The molecule has 0 aromatic carbocycles. The molecule has 2 aliphatic rings. The van der Waals surface area contributed by atoms with E-state index >= 15 is 0 Å². The van der Waals surface area contributed by atoms with Crippen LogP contribution in [0, 0.1) is 17.8 Å². The molecule has 0 aromatic rings. The Balaban J connectivity index is 1.50. The molecule has 2 saturated carbocycles. The zero-order valence-corrected chi connectivity index (χ0v) is 19.5. The van der Waals surface area contributed by atoms with E-state index in [2.05, 4.69) is 24.5 Å². The number of carbonyl (C=O) groups excluding carboxylic acids is 1. The van der Waals surface area contributed by atoms with Gasteiger partial charge < -0.3 is 15.7 Å². The van der Waals surface area contributed by atoms with Gasteiger partial charge in [-0.25, -0.2) is 4.79 Å². The van der Waals surface area contributed by atoms with Gasteiger partial charge in [0.15, 0.2) is 0 Å². The lowest BCUT2D eigenvalue weighted by molar-refractivity contribution is -0.137. The van der Waals surface area contributed by atoms with E-state index in [0.717, 1.165) is 62.8 Å². The van der Waals surface area contributed by atoms with Crippen molar-refractivity contribution >= 4 is 12.0 Å². The largest absolute Gasteiger partial charge is 0.481 e. The fourth-order valence-corrected chi connectivity index (χ4v) is 6.08. The first kappa shape index (κ1) is 25.0. The Morgan fingerprint density at radius 2 is 1.53 bits per heavy atom. The summed E-state index contributed by atoms with van der Waals surface area (Å²) in [5.41, 5.74) is 0.0375. The number of urea groups is 1. The van der Waals surface area contributed by atoms with Crippen LogP contribution in [0.2, 0.25) is 0 Å². The molecule has 0 heterocycles. The van der Waals surface area contributed by atoms with Gasteiger partial charge in [0, 0.05) is 18.5 Å². The normalized spacial score (nSPS) is 28.1. The monoisotopic (exact) mass is 422 g/mol. The predicted molar refractivity (Wildman–Crippen MR) is 123 cm³/mol. The van der Waals surface area contributed by atoms with Crippen molar-refractivity contribution in [2.24, 2.45) is 17.8 Å². The van der Waals surface area contributed by atoms with Crippen molar-refractivity contribution in [2.75, 3.05) is 6.54 Å². The lowest BCUT2D eigenvalue weighted by atomic mass is 9.60. The number of carbonyl (C=O) groups is 2. The van der Waals surface area contributed by atoms with Crippen LogP contribution in [0.4, 0.5) is 4.79 Å². The first-order chi connectivity index (χ1) is 14.4. The van der Waals surface area contributed by atoms with Gasteiger partial charge in [-0.3, -0.25) is 4.79 Å². The van der Waals surface area contributed by atoms with Crippen LogP contribution >= 0.6 is 0 Å². The highest BCUT2D eigenvalue weighted by molar-refractivity contribution is 5.74. The minimum absolute atomic E-state index is 0.0375. The maximum Gasteiger partial charge on any atom is 0.315 e. The summed E-state index contributed by atoms with van der Waals surface area (Å²) >= 11 is 0. The molecule has 0 radical (unpaired) electrons. The van der Waals surface area contributed by atoms with Crippen LogP contribution in [0.25, 0.3) is 0 Å². The fraction of sp³-hybridized carbons (Fsp3) is 0.920. The van der Waals surface area contributed by atoms with Crippen LogP contribution in [0.3, 0.4) is 0 Å². The summed E-state index contributed by atoms with van der Waals surface area (Å²) in [5, 5.41) is 15.1. The van der Waals surface area contributed by atoms with Crippen molar-refractivity contribution in [3.05, 3.63) is 0 Å². The molecule has 2 amide bonds. The van der Waals surface area contributed by atoms with Crippen molar-refractivity contribution in [2.45, 2.75) is 122 Å². The van der Waals surface area contributed by atoms with Crippen LogP contribution in [0.1, 0.15) is 117 Å². The van der Waals surface area contributed by atoms with Crippen LogP contribution in [-0.2, 0) is 4.79 Å². The molecule has 174 valence electrons. The maximum absolute atomic E-state index is 12.6. The van der Waals surface area contributed by atoms with Crippen LogP contribution in [0.5, 0.6) is 0 Å². The molecule has 4 unspecified atom stereocenters. The van der Waals surface area contributed by atoms with Crippen LogP contribution < -0.4 is 10.6 Å². The average molecular weight is 423 g/mol. The molecule has 5 nitrogen and oxygen atoms in total. The summed E-state index contributed by atoms with van der Waals surface area (Å²) in [6.07, 6.45) is 17.8. The second-order valence-corrected chi connectivity index (χ2v) is 10.3.